The summed E-state index contributed by atoms with van der Waals surface area (Å²) in [5.74, 6) is 0. The largest absolute Gasteiger partial charge is 0.355 e. The van der Waals surface area contributed by atoms with Crippen molar-refractivity contribution in [1.82, 2.24) is 0 Å². The van der Waals surface area contributed by atoms with Gasteiger partial charge >= 0.3 is 0 Å². The lowest BCUT2D eigenvalue weighted by molar-refractivity contribution is 0.637. The lowest BCUT2D eigenvalue weighted by Crippen LogP contribution is -2.28. The quantitative estimate of drug-likeness (QED) is 0.583. The highest BCUT2D eigenvalue weighted by molar-refractivity contribution is 8.11. The Hall–Kier alpha value is -1.32. The molecule has 0 spiro atoms. The highest BCUT2D eigenvalue weighted by Crippen LogP contribution is 2.46. The van der Waals surface area contributed by atoms with Gasteiger partial charge in [0.15, 0.2) is 0 Å². The summed E-state index contributed by atoms with van der Waals surface area (Å²) in [6, 6.07) is 14.6. The van der Waals surface area contributed by atoms with Crippen LogP contribution in [0.1, 0.15) is 30.5 Å². The summed E-state index contributed by atoms with van der Waals surface area (Å²) in [5.41, 5.74) is 5.77. The van der Waals surface area contributed by atoms with Crippen LogP contribution in [-0.4, -0.2) is 4.20 Å². The maximum Gasteiger partial charge on any atom is 0.0751 e. The molecule has 1 N–H and O–H groups in total. The first kappa shape index (κ1) is 12.7. The van der Waals surface area contributed by atoms with Gasteiger partial charge < -0.3 is 5.32 Å². The number of hydrogen-bond donors (Lipinski definition) is 2. The molecule has 0 amide bonds. The first-order valence-corrected chi connectivity index (χ1v) is 7.10. The number of thiocarbonyl (C=S) groups is 1. The zero-order chi connectivity index (χ0) is 13.6. The maximum absolute atomic E-state index is 5.29. The molecule has 19 heavy (non-hydrogen) atoms. The van der Waals surface area contributed by atoms with Crippen LogP contribution >= 0.6 is 24.8 Å². The Balaban J connectivity index is 2.32. The number of hydrogen-bond acceptors (Lipinski definition) is 2. The average molecular weight is 285 g/mol. The van der Waals surface area contributed by atoms with Crippen LogP contribution in [0.2, 0.25) is 0 Å². The van der Waals surface area contributed by atoms with Gasteiger partial charge in [-0.1, -0.05) is 56.4 Å². The van der Waals surface area contributed by atoms with Crippen LogP contribution in [0.25, 0.3) is 0 Å². The van der Waals surface area contributed by atoms with Crippen LogP contribution in [0.15, 0.2) is 42.5 Å². The summed E-state index contributed by atoms with van der Waals surface area (Å²) < 4.78 is 0.645. The van der Waals surface area contributed by atoms with E-state index < -0.39 is 0 Å². The molecule has 0 aliphatic carbocycles. The molecular formula is C16H15NS2. The van der Waals surface area contributed by atoms with Crippen LogP contribution in [0.5, 0.6) is 0 Å². The highest BCUT2D eigenvalue weighted by atomic mass is 32.1. The van der Waals surface area contributed by atoms with E-state index in [2.05, 4.69) is 62.1 Å². The fraction of sp³-hybridized carbons (Fsp3) is 0.188. The minimum atomic E-state index is -0.0828. The SMILES string of the molecule is CC1(C)c2ccccc2Nc2cccc(C(=S)S)c21. The number of fused-ring (bicyclic) bond motifs is 2. The number of nitrogens with one attached hydrogen (secondary N) is 1. The van der Waals surface area contributed by atoms with Crippen molar-refractivity contribution in [3.63, 3.8) is 0 Å². The lowest BCUT2D eigenvalue weighted by Gasteiger charge is -2.37. The Bertz CT molecular complexity index is 674. The van der Waals surface area contributed by atoms with Crippen molar-refractivity contribution < 1.29 is 0 Å². The second-order valence-corrected chi connectivity index (χ2v) is 6.49. The van der Waals surface area contributed by atoms with Gasteiger partial charge in [-0.15, -0.1) is 12.6 Å². The minimum absolute atomic E-state index is 0.0828. The molecule has 1 nitrogen and oxygen atoms in total. The number of para-hydroxylation sites is 1. The summed E-state index contributed by atoms with van der Waals surface area (Å²) in [5, 5.41) is 3.50. The molecule has 1 aliphatic heterocycles. The summed E-state index contributed by atoms with van der Waals surface area (Å²) in [6.07, 6.45) is 0. The Morgan fingerprint density at radius 2 is 1.74 bits per heavy atom. The van der Waals surface area contributed by atoms with Gasteiger partial charge in [-0.3, -0.25) is 0 Å². The fourth-order valence-corrected chi connectivity index (χ4v) is 3.28. The van der Waals surface area contributed by atoms with E-state index in [-0.39, 0.29) is 5.41 Å². The zero-order valence-corrected chi connectivity index (χ0v) is 12.6. The molecule has 0 saturated carbocycles. The lowest BCUT2D eigenvalue weighted by atomic mass is 9.72. The van der Waals surface area contributed by atoms with Gasteiger partial charge in [-0.05, 0) is 23.3 Å². The third-order valence-corrected chi connectivity index (χ3v) is 4.25. The van der Waals surface area contributed by atoms with Gasteiger partial charge in [0, 0.05) is 22.4 Å². The van der Waals surface area contributed by atoms with E-state index in [1.54, 1.807) is 0 Å². The fourth-order valence-electron chi connectivity index (χ4n) is 2.92. The van der Waals surface area contributed by atoms with Crippen LogP contribution in [0.4, 0.5) is 11.4 Å². The molecule has 1 aliphatic rings. The molecule has 1 heterocycles. The number of benzene rings is 2. The Kier molecular flexibility index (Phi) is 2.91. The predicted molar refractivity (Wildman–Crippen MR) is 89.0 cm³/mol. The molecule has 2 aromatic carbocycles. The predicted octanol–water partition coefficient (Wildman–Crippen LogP) is 4.67. The Morgan fingerprint density at radius 3 is 2.47 bits per heavy atom. The molecular weight excluding hydrogens is 270 g/mol. The second-order valence-electron chi connectivity index (χ2n) is 5.33. The van der Waals surface area contributed by atoms with Gasteiger partial charge in [0.2, 0.25) is 0 Å². The van der Waals surface area contributed by atoms with E-state index in [4.69, 9.17) is 12.2 Å². The van der Waals surface area contributed by atoms with Crippen LogP contribution in [0.3, 0.4) is 0 Å². The van der Waals surface area contributed by atoms with Crippen molar-refractivity contribution in [1.29, 1.82) is 0 Å². The molecule has 0 saturated heterocycles. The van der Waals surface area contributed by atoms with E-state index in [1.807, 2.05) is 12.1 Å². The molecule has 0 bridgehead atoms. The Labute approximate surface area is 124 Å². The third-order valence-electron chi connectivity index (χ3n) is 3.79. The normalized spacial score (nSPS) is 15.1. The van der Waals surface area contributed by atoms with Crippen molar-refractivity contribution >= 4 is 40.4 Å². The van der Waals surface area contributed by atoms with Crippen LogP contribution < -0.4 is 5.32 Å². The molecule has 0 fully saturated rings. The van der Waals surface area contributed by atoms with E-state index in [0.717, 1.165) is 11.3 Å². The topological polar surface area (TPSA) is 12.0 Å². The van der Waals surface area contributed by atoms with Gasteiger partial charge in [0.25, 0.3) is 0 Å². The summed E-state index contributed by atoms with van der Waals surface area (Å²) in [7, 11) is 0. The summed E-state index contributed by atoms with van der Waals surface area (Å²) >= 11 is 9.66. The highest BCUT2D eigenvalue weighted by Gasteiger charge is 2.34. The van der Waals surface area contributed by atoms with Crippen molar-refractivity contribution in [2.24, 2.45) is 0 Å². The minimum Gasteiger partial charge on any atom is -0.355 e. The molecule has 96 valence electrons. The van der Waals surface area contributed by atoms with Crippen molar-refractivity contribution in [2.45, 2.75) is 19.3 Å². The van der Waals surface area contributed by atoms with Crippen molar-refractivity contribution in [3.8, 4) is 0 Å². The molecule has 2 aromatic rings. The second kappa shape index (κ2) is 4.36. The van der Waals surface area contributed by atoms with Crippen LogP contribution in [0, 0.1) is 0 Å². The Morgan fingerprint density at radius 1 is 1.05 bits per heavy atom. The van der Waals surface area contributed by atoms with Gasteiger partial charge in [0.05, 0.1) is 4.20 Å². The summed E-state index contributed by atoms with van der Waals surface area (Å²) in [6.45, 7) is 4.47. The van der Waals surface area contributed by atoms with Crippen LogP contribution in [-0.2, 0) is 5.41 Å². The zero-order valence-electron chi connectivity index (χ0n) is 10.9. The van der Waals surface area contributed by atoms with Crippen molar-refractivity contribution in [2.75, 3.05) is 5.32 Å². The van der Waals surface area contributed by atoms with Gasteiger partial charge in [-0.25, -0.2) is 0 Å². The summed E-state index contributed by atoms with van der Waals surface area (Å²) in [4.78, 5) is 0. The first-order valence-electron chi connectivity index (χ1n) is 6.25. The molecule has 3 heteroatoms. The smallest absolute Gasteiger partial charge is 0.0751 e. The molecule has 3 rings (SSSR count). The number of anilines is 2. The van der Waals surface area contributed by atoms with Gasteiger partial charge in [0.1, 0.15) is 0 Å². The number of thiol groups is 1. The van der Waals surface area contributed by atoms with E-state index in [0.29, 0.717) is 4.20 Å². The average Bonchev–Trinajstić information content (AvgIpc) is 2.38. The van der Waals surface area contributed by atoms with E-state index in [9.17, 15) is 0 Å². The molecule has 0 aromatic heterocycles. The molecule has 0 unspecified atom stereocenters. The number of rotatable bonds is 1. The maximum atomic E-state index is 5.29. The third kappa shape index (κ3) is 1.88. The van der Waals surface area contributed by atoms with Crippen molar-refractivity contribution in [3.05, 3.63) is 59.2 Å². The van der Waals surface area contributed by atoms with E-state index in [1.165, 1.54) is 16.8 Å². The first-order chi connectivity index (χ1) is 9.01. The van der Waals surface area contributed by atoms with E-state index >= 15 is 0 Å². The van der Waals surface area contributed by atoms with Gasteiger partial charge in [-0.2, -0.15) is 0 Å². The molecule has 0 atom stereocenters. The molecule has 0 radical (unpaired) electrons. The standard InChI is InChI=1S/C16H15NS2/c1-16(2)11-7-3-4-8-12(11)17-13-9-5-6-10(14(13)16)15(18)19/h3-9,17H,1-2H3,(H,18,19). The monoisotopic (exact) mass is 285 g/mol.